The van der Waals surface area contributed by atoms with Crippen molar-refractivity contribution >= 4 is 5.91 Å². The number of halogens is 1. The summed E-state index contributed by atoms with van der Waals surface area (Å²) in [7, 11) is 0. The van der Waals surface area contributed by atoms with Crippen molar-refractivity contribution in [2.24, 2.45) is 11.8 Å². The number of nitrogens with zero attached hydrogens (tertiary/aromatic N) is 4. The van der Waals surface area contributed by atoms with Crippen molar-refractivity contribution in [2.45, 2.75) is 31.7 Å². The van der Waals surface area contributed by atoms with Crippen LogP contribution in [0.15, 0.2) is 41.3 Å². The maximum Gasteiger partial charge on any atom is 0.340 e. The lowest BCUT2D eigenvalue weighted by Crippen LogP contribution is -2.34. The molecule has 3 heterocycles. The summed E-state index contributed by atoms with van der Waals surface area (Å²) in [6.45, 7) is 0.651. The number of H-pyrrole nitrogens is 2. The summed E-state index contributed by atoms with van der Waals surface area (Å²) in [5.41, 5.74) is 1.02. The van der Waals surface area contributed by atoms with Gasteiger partial charge in [0.25, 0.3) is 0 Å². The topological polar surface area (TPSA) is 99.7 Å². The van der Waals surface area contributed by atoms with Gasteiger partial charge in [0.05, 0.1) is 23.8 Å². The van der Waals surface area contributed by atoms with E-state index >= 15 is 0 Å². The zero-order chi connectivity index (χ0) is 20.0. The molecule has 0 spiro atoms. The van der Waals surface area contributed by atoms with Crippen molar-refractivity contribution in [3.63, 3.8) is 0 Å². The van der Waals surface area contributed by atoms with Crippen LogP contribution in [0.25, 0.3) is 5.69 Å². The third-order valence-corrected chi connectivity index (χ3v) is 5.86. The van der Waals surface area contributed by atoms with E-state index in [1.165, 1.54) is 25.0 Å². The molecule has 2 atom stereocenters. The Labute approximate surface area is 165 Å². The van der Waals surface area contributed by atoms with Gasteiger partial charge >= 0.3 is 5.69 Å². The van der Waals surface area contributed by atoms with Gasteiger partial charge in [-0.15, -0.1) is 0 Å². The lowest BCUT2D eigenvalue weighted by molar-refractivity contribution is -0.132. The molecule has 1 aliphatic carbocycles. The van der Waals surface area contributed by atoms with Gasteiger partial charge in [-0.2, -0.15) is 10.2 Å². The molecule has 1 saturated carbocycles. The predicted molar refractivity (Wildman–Crippen MR) is 102 cm³/mol. The van der Waals surface area contributed by atoms with Gasteiger partial charge in [0.1, 0.15) is 5.82 Å². The normalized spacial score (nSPS) is 21.6. The number of benzene rings is 1. The summed E-state index contributed by atoms with van der Waals surface area (Å²) in [5, 5.41) is 11.0. The molecule has 5 rings (SSSR count). The lowest BCUT2D eigenvalue weighted by Gasteiger charge is -2.26. The van der Waals surface area contributed by atoms with Crippen LogP contribution in [0.4, 0.5) is 4.39 Å². The zero-order valence-corrected chi connectivity index (χ0v) is 15.7. The van der Waals surface area contributed by atoms with E-state index in [1.54, 1.807) is 29.1 Å². The van der Waals surface area contributed by atoms with E-state index in [0.29, 0.717) is 29.9 Å². The first kappa shape index (κ1) is 17.8. The van der Waals surface area contributed by atoms with Crippen LogP contribution in [0.5, 0.6) is 0 Å². The molecule has 2 N–H and O–H groups in total. The molecule has 2 unspecified atom stereocenters. The number of nitrogens with one attached hydrogen (secondary N) is 2. The average molecular weight is 396 g/mol. The van der Waals surface area contributed by atoms with E-state index in [4.69, 9.17) is 0 Å². The number of carbonyl (C=O) groups is 1. The number of hydrogen-bond acceptors (Lipinski definition) is 4. The Hall–Kier alpha value is -3.23. The van der Waals surface area contributed by atoms with Crippen LogP contribution in [0, 0.1) is 17.7 Å². The van der Waals surface area contributed by atoms with E-state index in [9.17, 15) is 14.0 Å². The summed E-state index contributed by atoms with van der Waals surface area (Å²) in [6, 6.07) is 7.62. The summed E-state index contributed by atoms with van der Waals surface area (Å²) in [5.74, 6) is 1.12. The monoisotopic (exact) mass is 396 g/mol. The second kappa shape index (κ2) is 6.98. The van der Waals surface area contributed by atoms with Gasteiger partial charge in [-0.3, -0.25) is 9.78 Å². The van der Waals surface area contributed by atoms with E-state index in [-0.39, 0.29) is 29.9 Å². The van der Waals surface area contributed by atoms with Crippen molar-refractivity contribution < 1.29 is 9.18 Å². The predicted octanol–water partition coefficient (Wildman–Crippen LogP) is 1.97. The maximum absolute atomic E-state index is 13.1. The molecule has 1 aliphatic heterocycles. The van der Waals surface area contributed by atoms with Gasteiger partial charge in [-0.05, 0) is 61.4 Å². The van der Waals surface area contributed by atoms with Gasteiger partial charge in [0, 0.05) is 12.7 Å². The van der Waals surface area contributed by atoms with Gasteiger partial charge in [-0.1, -0.05) is 0 Å². The van der Waals surface area contributed by atoms with Gasteiger partial charge < -0.3 is 4.90 Å². The Morgan fingerprint density at radius 2 is 1.97 bits per heavy atom. The van der Waals surface area contributed by atoms with Crippen molar-refractivity contribution in [3.05, 3.63) is 64.3 Å². The average Bonchev–Trinajstić information content (AvgIpc) is 3.10. The van der Waals surface area contributed by atoms with E-state index in [0.717, 1.165) is 12.1 Å². The molecular formula is C20H21FN6O2. The molecule has 2 aliphatic rings. The highest BCUT2D eigenvalue weighted by atomic mass is 19.1. The Morgan fingerprint density at radius 3 is 2.66 bits per heavy atom. The minimum absolute atomic E-state index is 0.0358. The number of hydrogen-bond donors (Lipinski definition) is 2. The minimum atomic E-state index is -0.355. The Bertz CT molecular complexity index is 1080. The SMILES string of the molecule is O=C(Cc1ccn(-c2ccc(F)cc2)n1)N1CCC(C2CC2)C1c1n[nH]c(=O)[nH]1. The molecule has 150 valence electrons. The highest BCUT2D eigenvalue weighted by Gasteiger charge is 2.46. The number of amides is 1. The smallest absolute Gasteiger partial charge is 0.332 e. The highest BCUT2D eigenvalue weighted by molar-refractivity contribution is 5.79. The fourth-order valence-corrected chi connectivity index (χ4v) is 4.34. The van der Waals surface area contributed by atoms with Gasteiger partial charge in [-0.25, -0.2) is 19.0 Å². The van der Waals surface area contributed by atoms with Crippen LogP contribution >= 0.6 is 0 Å². The second-order valence-electron chi connectivity index (χ2n) is 7.79. The van der Waals surface area contributed by atoms with E-state index in [2.05, 4.69) is 20.3 Å². The molecule has 9 heteroatoms. The Morgan fingerprint density at radius 1 is 1.17 bits per heavy atom. The standard InChI is InChI=1S/C20H21FN6O2/c21-13-3-5-15(6-4-13)27-10-7-14(25-27)11-17(28)26-9-8-16(12-1-2-12)18(26)19-22-20(29)24-23-19/h3-7,10,12,16,18H,1-2,8-9,11H2,(H2,22,23,24,29). The minimum Gasteiger partial charge on any atom is -0.332 e. The number of aromatic nitrogens is 5. The first-order chi connectivity index (χ1) is 14.1. The molecule has 1 saturated heterocycles. The van der Waals surface area contributed by atoms with Crippen molar-refractivity contribution in [3.8, 4) is 5.69 Å². The zero-order valence-electron chi connectivity index (χ0n) is 15.7. The number of aromatic amines is 2. The fourth-order valence-electron chi connectivity index (χ4n) is 4.34. The summed E-state index contributed by atoms with van der Waals surface area (Å²) in [6.07, 6.45) is 5.17. The van der Waals surface area contributed by atoms with Crippen molar-refractivity contribution in [1.29, 1.82) is 0 Å². The lowest BCUT2D eigenvalue weighted by atomic mass is 9.94. The molecule has 0 radical (unpaired) electrons. The molecule has 2 aromatic heterocycles. The van der Waals surface area contributed by atoms with Crippen LogP contribution in [0.2, 0.25) is 0 Å². The summed E-state index contributed by atoms with van der Waals surface area (Å²) < 4.78 is 14.7. The molecule has 0 bridgehead atoms. The van der Waals surface area contributed by atoms with Crippen LogP contribution in [-0.4, -0.2) is 42.3 Å². The van der Waals surface area contributed by atoms with Crippen LogP contribution < -0.4 is 5.69 Å². The first-order valence-corrected chi connectivity index (χ1v) is 9.83. The molecule has 1 amide bonds. The molecule has 1 aromatic carbocycles. The molecule has 8 nitrogen and oxygen atoms in total. The van der Waals surface area contributed by atoms with E-state index < -0.39 is 0 Å². The molecule has 3 aromatic rings. The molecular weight excluding hydrogens is 375 g/mol. The van der Waals surface area contributed by atoms with Crippen LogP contribution in [0.1, 0.15) is 36.8 Å². The van der Waals surface area contributed by atoms with E-state index in [1.807, 2.05) is 4.90 Å². The summed E-state index contributed by atoms with van der Waals surface area (Å²) >= 11 is 0. The first-order valence-electron chi connectivity index (χ1n) is 9.83. The Kier molecular flexibility index (Phi) is 4.30. The number of carbonyl (C=O) groups excluding carboxylic acids is 1. The third-order valence-electron chi connectivity index (χ3n) is 5.86. The number of rotatable bonds is 5. The van der Waals surface area contributed by atoms with Crippen LogP contribution in [0.3, 0.4) is 0 Å². The van der Waals surface area contributed by atoms with Crippen LogP contribution in [-0.2, 0) is 11.2 Å². The molecule has 29 heavy (non-hydrogen) atoms. The number of likely N-dealkylation sites (tertiary alicyclic amines) is 1. The highest BCUT2D eigenvalue weighted by Crippen LogP contribution is 2.49. The molecule has 2 fully saturated rings. The quantitative estimate of drug-likeness (QED) is 0.689. The summed E-state index contributed by atoms with van der Waals surface area (Å²) in [4.78, 5) is 29.2. The van der Waals surface area contributed by atoms with Crippen molar-refractivity contribution in [2.75, 3.05) is 6.54 Å². The van der Waals surface area contributed by atoms with Crippen molar-refractivity contribution in [1.82, 2.24) is 29.9 Å². The van der Waals surface area contributed by atoms with Gasteiger partial charge in [0.2, 0.25) is 5.91 Å². The fraction of sp³-hybridized carbons (Fsp3) is 0.400. The maximum atomic E-state index is 13.1. The van der Waals surface area contributed by atoms with Gasteiger partial charge in [0.15, 0.2) is 5.82 Å². The largest absolute Gasteiger partial charge is 0.340 e. The second-order valence-corrected chi connectivity index (χ2v) is 7.79. The Balaban J connectivity index is 1.34. The third kappa shape index (κ3) is 3.48.